The number of anilines is 1. The molecule has 8 heteroatoms. The summed E-state index contributed by atoms with van der Waals surface area (Å²) in [5.41, 5.74) is 2.54. The number of methoxy groups -OCH3 is 1. The number of ether oxygens (including phenoxy) is 1. The highest BCUT2D eigenvalue weighted by Gasteiger charge is 2.37. The van der Waals surface area contributed by atoms with Crippen LogP contribution in [0.3, 0.4) is 0 Å². The van der Waals surface area contributed by atoms with Gasteiger partial charge in [0.15, 0.2) is 0 Å². The fourth-order valence-electron chi connectivity index (χ4n) is 5.29. The van der Waals surface area contributed by atoms with Crippen molar-refractivity contribution in [1.82, 2.24) is 14.8 Å². The van der Waals surface area contributed by atoms with Crippen LogP contribution in [0.25, 0.3) is 0 Å². The van der Waals surface area contributed by atoms with Crippen LogP contribution in [0.4, 0.5) is 10.5 Å². The van der Waals surface area contributed by atoms with E-state index in [1.54, 1.807) is 48.4 Å². The maximum Gasteiger partial charge on any atom is 0.318 e. The van der Waals surface area contributed by atoms with Crippen LogP contribution in [0, 0.1) is 5.92 Å². The van der Waals surface area contributed by atoms with Crippen molar-refractivity contribution in [2.45, 2.75) is 31.3 Å². The third-order valence-electron chi connectivity index (χ3n) is 7.00. The molecule has 3 heterocycles. The minimum Gasteiger partial charge on any atom is -0.497 e. The summed E-state index contributed by atoms with van der Waals surface area (Å²) in [6.45, 7) is 1.68. The predicted octanol–water partition coefficient (Wildman–Crippen LogP) is 3.24. The van der Waals surface area contributed by atoms with Gasteiger partial charge in [0.1, 0.15) is 11.8 Å². The molecule has 0 unspecified atom stereocenters. The maximum atomic E-state index is 13.4. The zero-order valence-corrected chi connectivity index (χ0v) is 20.2. The smallest absolute Gasteiger partial charge is 0.318 e. The number of nitrogens with zero attached hydrogens (tertiary/aromatic N) is 2. The summed E-state index contributed by atoms with van der Waals surface area (Å²) < 4.78 is 7.10. The summed E-state index contributed by atoms with van der Waals surface area (Å²) >= 11 is 0. The lowest BCUT2D eigenvalue weighted by Crippen LogP contribution is -2.55. The minimum atomic E-state index is -0.761. The molecule has 36 heavy (non-hydrogen) atoms. The van der Waals surface area contributed by atoms with Crippen LogP contribution in [0.2, 0.25) is 0 Å². The average molecular weight is 487 g/mol. The molecule has 186 valence electrons. The Morgan fingerprint density at radius 1 is 1.00 bits per heavy atom. The van der Waals surface area contributed by atoms with Crippen LogP contribution in [-0.2, 0) is 17.8 Å². The fourth-order valence-corrected chi connectivity index (χ4v) is 5.29. The molecule has 3 atom stereocenters. The van der Waals surface area contributed by atoms with Crippen molar-refractivity contribution < 1.29 is 14.3 Å². The van der Waals surface area contributed by atoms with E-state index in [2.05, 4.69) is 10.6 Å². The van der Waals surface area contributed by atoms with Gasteiger partial charge in [0, 0.05) is 55.5 Å². The van der Waals surface area contributed by atoms with Gasteiger partial charge in [-0.2, -0.15) is 0 Å². The van der Waals surface area contributed by atoms with Crippen LogP contribution >= 0.6 is 0 Å². The lowest BCUT2D eigenvalue weighted by Gasteiger charge is -2.43. The first-order chi connectivity index (χ1) is 17.5. The molecule has 0 aliphatic carbocycles. The van der Waals surface area contributed by atoms with Crippen molar-refractivity contribution in [2.24, 2.45) is 5.92 Å². The lowest BCUT2D eigenvalue weighted by molar-refractivity contribution is -0.118. The molecule has 3 amide bonds. The molecular weight excluding hydrogens is 456 g/mol. The highest BCUT2D eigenvalue weighted by molar-refractivity contribution is 5.97. The van der Waals surface area contributed by atoms with Crippen LogP contribution in [0.15, 0.2) is 77.6 Å². The first-order valence-electron chi connectivity index (χ1n) is 12.2. The molecule has 1 fully saturated rings. The SMILES string of the molecule is COc1cccc(NC(=O)[C@H](Cc2ccccc2)NC(=O)N2C[C@@H]3C[C@@H](C2)c2cccc(=O)n2C3)c1. The number of urea groups is 1. The summed E-state index contributed by atoms with van der Waals surface area (Å²) in [6.07, 6.45) is 1.32. The van der Waals surface area contributed by atoms with Crippen molar-refractivity contribution in [3.8, 4) is 5.75 Å². The van der Waals surface area contributed by atoms with Crippen molar-refractivity contribution in [3.05, 3.63) is 94.4 Å². The zero-order valence-electron chi connectivity index (χ0n) is 20.2. The number of rotatable bonds is 6. The Hall–Kier alpha value is -4.07. The topological polar surface area (TPSA) is 92.7 Å². The normalized spacial score (nSPS) is 19.1. The summed E-state index contributed by atoms with van der Waals surface area (Å²) in [7, 11) is 1.57. The molecule has 1 aromatic heterocycles. The minimum absolute atomic E-state index is 0.0113. The zero-order chi connectivity index (χ0) is 25.1. The van der Waals surface area contributed by atoms with Crippen molar-refractivity contribution >= 4 is 17.6 Å². The van der Waals surface area contributed by atoms with Crippen molar-refractivity contribution in [1.29, 1.82) is 0 Å². The number of nitrogens with one attached hydrogen (secondary N) is 2. The van der Waals surface area contributed by atoms with Gasteiger partial charge in [-0.25, -0.2) is 4.79 Å². The van der Waals surface area contributed by atoms with Crippen LogP contribution < -0.4 is 20.9 Å². The van der Waals surface area contributed by atoms with Gasteiger partial charge in [-0.3, -0.25) is 9.59 Å². The van der Waals surface area contributed by atoms with Gasteiger partial charge in [0.05, 0.1) is 7.11 Å². The largest absolute Gasteiger partial charge is 0.497 e. The summed E-state index contributed by atoms with van der Waals surface area (Å²) in [5, 5.41) is 5.90. The van der Waals surface area contributed by atoms with Gasteiger partial charge in [0.2, 0.25) is 5.91 Å². The number of amides is 3. The van der Waals surface area contributed by atoms with Crippen LogP contribution in [0.1, 0.15) is 23.6 Å². The summed E-state index contributed by atoms with van der Waals surface area (Å²) in [4.78, 5) is 40.8. The van der Waals surface area contributed by atoms with Gasteiger partial charge in [-0.05, 0) is 36.1 Å². The molecule has 2 aromatic carbocycles. The lowest BCUT2D eigenvalue weighted by atomic mass is 9.83. The molecule has 2 aliphatic heterocycles. The first-order valence-corrected chi connectivity index (χ1v) is 12.2. The number of aromatic nitrogens is 1. The molecule has 5 rings (SSSR count). The molecule has 0 radical (unpaired) electrons. The van der Waals surface area contributed by atoms with E-state index in [-0.39, 0.29) is 29.3 Å². The Kier molecular flexibility index (Phi) is 6.75. The molecule has 0 spiro atoms. The first kappa shape index (κ1) is 23.7. The highest BCUT2D eigenvalue weighted by atomic mass is 16.5. The monoisotopic (exact) mass is 486 g/mol. The third-order valence-corrected chi connectivity index (χ3v) is 7.00. The molecular formula is C28H30N4O4. The number of benzene rings is 2. The summed E-state index contributed by atoms with van der Waals surface area (Å²) in [6, 6.07) is 21.1. The third kappa shape index (κ3) is 5.12. The van der Waals surface area contributed by atoms with E-state index >= 15 is 0 Å². The Balaban J connectivity index is 1.32. The molecule has 2 N–H and O–H groups in total. The Morgan fingerprint density at radius 3 is 2.61 bits per heavy atom. The quantitative estimate of drug-likeness (QED) is 0.560. The van der Waals surface area contributed by atoms with Crippen LogP contribution in [0.5, 0.6) is 5.75 Å². The van der Waals surface area contributed by atoms with Gasteiger partial charge in [-0.1, -0.05) is 42.5 Å². The number of piperidine rings is 1. The van der Waals surface area contributed by atoms with Gasteiger partial charge in [0.25, 0.3) is 5.56 Å². The van der Waals surface area contributed by atoms with Gasteiger partial charge >= 0.3 is 6.03 Å². The number of likely N-dealkylation sites (tertiary alicyclic amines) is 1. The van der Waals surface area contributed by atoms with Crippen molar-refractivity contribution in [2.75, 3.05) is 25.5 Å². The second-order valence-electron chi connectivity index (χ2n) is 9.52. The van der Waals surface area contributed by atoms with E-state index < -0.39 is 6.04 Å². The maximum absolute atomic E-state index is 13.4. The number of hydrogen-bond donors (Lipinski definition) is 2. The molecule has 0 saturated carbocycles. The van der Waals surface area contributed by atoms with E-state index in [4.69, 9.17) is 4.74 Å². The molecule has 1 saturated heterocycles. The van der Waals surface area contributed by atoms with Crippen molar-refractivity contribution in [3.63, 3.8) is 0 Å². The Bertz CT molecular complexity index is 1310. The Labute approximate surface area is 209 Å². The van der Waals surface area contributed by atoms with E-state index in [0.717, 1.165) is 17.7 Å². The number of carbonyl (C=O) groups excluding carboxylic acids is 2. The molecule has 3 aromatic rings. The van der Waals surface area contributed by atoms with Gasteiger partial charge < -0.3 is 24.8 Å². The predicted molar refractivity (Wildman–Crippen MR) is 137 cm³/mol. The van der Waals surface area contributed by atoms with Gasteiger partial charge in [-0.15, -0.1) is 0 Å². The second kappa shape index (κ2) is 10.3. The summed E-state index contributed by atoms with van der Waals surface area (Å²) in [5.74, 6) is 0.654. The van der Waals surface area contributed by atoms with Crippen LogP contribution in [-0.4, -0.2) is 47.6 Å². The highest BCUT2D eigenvalue weighted by Crippen LogP contribution is 2.35. The van der Waals surface area contributed by atoms with E-state index in [1.165, 1.54) is 0 Å². The second-order valence-corrected chi connectivity index (χ2v) is 9.52. The fraction of sp³-hybridized carbons (Fsp3) is 0.321. The number of carbonyl (C=O) groups is 2. The van der Waals surface area contributed by atoms with E-state index in [1.807, 2.05) is 41.0 Å². The molecule has 8 nitrogen and oxygen atoms in total. The Morgan fingerprint density at radius 2 is 1.81 bits per heavy atom. The van der Waals surface area contributed by atoms with E-state index in [9.17, 15) is 14.4 Å². The molecule has 2 bridgehead atoms. The number of hydrogen-bond acceptors (Lipinski definition) is 4. The average Bonchev–Trinajstić information content (AvgIpc) is 2.89. The molecule has 2 aliphatic rings. The number of fused-ring (bicyclic) bond motifs is 4. The standard InChI is InChI=1S/C28H30N4O4/c1-36-23-10-5-9-22(15-23)29-27(34)24(14-19-7-3-2-4-8-19)30-28(35)31-16-20-13-21(18-31)25-11-6-12-26(33)32(25)17-20/h2-12,15,20-21,24H,13-14,16-18H2,1H3,(H,29,34)(H,30,35)/t20-,21-,24-/m0/s1. The van der Waals surface area contributed by atoms with E-state index in [0.29, 0.717) is 37.5 Å². The number of pyridine rings is 1.